The van der Waals surface area contributed by atoms with Gasteiger partial charge >= 0.3 is 0 Å². The molecule has 1 amide bonds. The summed E-state index contributed by atoms with van der Waals surface area (Å²) in [7, 11) is -3.35. The van der Waals surface area contributed by atoms with Gasteiger partial charge in [-0.05, 0) is 38.1 Å². The fourth-order valence-corrected chi connectivity index (χ4v) is 3.69. The van der Waals surface area contributed by atoms with Gasteiger partial charge in [-0.3, -0.25) is 4.79 Å². The lowest BCUT2D eigenvalue weighted by atomic mass is 10.2. The van der Waals surface area contributed by atoms with Gasteiger partial charge in [0.1, 0.15) is 5.75 Å². The van der Waals surface area contributed by atoms with E-state index in [-0.39, 0.29) is 24.9 Å². The van der Waals surface area contributed by atoms with E-state index in [9.17, 15) is 13.2 Å². The second-order valence-electron chi connectivity index (χ2n) is 6.18. The first-order valence-corrected chi connectivity index (χ1v) is 10.2. The minimum Gasteiger partial charge on any atom is -0.455 e. The summed E-state index contributed by atoms with van der Waals surface area (Å²) in [6, 6.07) is 16.2. The average Bonchev–Trinajstić information content (AvgIpc) is 2.56. The summed E-state index contributed by atoms with van der Waals surface area (Å²) in [6.45, 7) is 3.69. The van der Waals surface area contributed by atoms with E-state index in [1.54, 1.807) is 32.0 Å². The molecule has 6 nitrogen and oxygen atoms in total. The van der Waals surface area contributed by atoms with Gasteiger partial charge in [0.05, 0.1) is 11.9 Å². The highest BCUT2D eigenvalue weighted by Crippen LogP contribution is 2.29. The SMILES string of the molecule is CC(C)N(CCC(=O)Nc1ccccc1Oc1ccccc1)S(C)(=O)=O. The standard InChI is InChI=1S/C19H24N2O4S/c1-15(2)21(26(3,23)24)14-13-19(22)20-17-11-7-8-12-18(17)25-16-9-5-4-6-10-16/h4-12,15H,13-14H2,1-3H3,(H,20,22). The van der Waals surface area contributed by atoms with E-state index in [4.69, 9.17) is 4.74 Å². The maximum Gasteiger partial charge on any atom is 0.225 e. The van der Waals surface area contributed by atoms with Crippen molar-refractivity contribution in [3.05, 3.63) is 54.6 Å². The van der Waals surface area contributed by atoms with Crippen LogP contribution in [0.5, 0.6) is 11.5 Å². The number of nitrogens with zero attached hydrogens (tertiary/aromatic N) is 1. The molecule has 0 saturated carbocycles. The van der Waals surface area contributed by atoms with Crippen LogP contribution in [0.4, 0.5) is 5.69 Å². The number of benzene rings is 2. The third kappa shape index (κ3) is 5.86. The Morgan fingerprint density at radius 3 is 2.31 bits per heavy atom. The number of hydrogen-bond acceptors (Lipinski definition) is 4. The smallest absolute Gasteiger partial charge is 0.225 e. The molecule has 0 saturated heterocycles. The van der Waals surface area contributed by atoms with Crippen molar-refractivity contribution in [1.29, 1.82) is 0 Å². The quantitative estimate of drug-likeness (QED) is 0.765. The second kappa shape index (κ2) is 8.82. The number of nitrogens with one attached hydrogen (secondary N) is 1. The van der Waals surface area contributed by atoms with Crippen molar-refractivity contribution < 1.29 is 17.9 Å². The topological polar surface area (TPSA) is 75.7 Å². The van der Waals surface area contributed by atoms with Gasteiger partial charge in [0, 0.05) is 19.0 Å². The van der Waals surface area contributed by atoms with Crippen molar-refractivity contribution in [2.75, 3.05) is 18.1 Å². The molecule has 0 aliphatic heterocycles. The summed E-state index contributed by atoms with van der Waals surface area (Å²) in [5.74, 6) is 0.913. The number of ether oxygens (including phenoxy) is 1. The Labute approximate surface area is 154 Å². The molecule has 0 unspecified atom stereocenters. The van der Waals surface area contributed by atoms with E-state index in [0.29, 0.717) is 17.2 Å². The summed E-state index contributed by atoms with van der Waals surface area (Å²) in [5.41, 5.74) is 0.539. The van der Waals surface area contributed by atoms with E-state index < -0.39 is 10.0 Å². The van der Waals surface area contributed by atoms with Crippen molar-refractivity contribution >= 4 is 21.6 Å². The molecule has 0 bridgehead atoms. The first-order valence-electron chi connectivity index (χ1n) is 8.36. The van der Waals surface area contributed by atoms with Crippen LogP contribution in [0.2, 0.25) is 0 Å². The highest BCUT2D eigenvalue weighted by Gasteiger charge is 2.21. The predicted octanol–water partition coefficient (Wildman–Crippen LogP) is 3.48. The van der Waals surface area contributed by atoms with Crippen molar-refractivity contribution in [2.45, 2.75) is 26.3 Å². The summed E-state index contributed by atoms with van der Waals surface area (Å²) < 4.78 is 30.7. The van der Waals surface area contributed by atoms with Crippen LogP contribution in [0, 0.1) is 0 Å². The molecule has 2 aromatic rings. The van der Waals surface area contributed by atoms with Crippen molar-refractivity contribution in [1.82, 2.24) is 4.31 Å². The zero-order valence-electron chi connectivity index (χ0n) is 15.2. The Morgan fingerprint density at radius 1 is 1.08 bits per heavy atom. The van der Waals surface area contributed by atoms with Crippen molar-refractivity contribution in [3.8, 4) is 11.5 Å². The molecule has 0 radical (unpaired) electrons. The van der Waals surface area contributed by atoms with Crippen LogP contribution in [-0.4, -0.2) is 37.5 Å². The number of para-hydroxylation sites is 3. The molecular formula is C19H24N2O4S. The molecule has 0 heterocycles. The third-order valence-corrected chi connectivity index (χ3v) is 5.15. The Balaban J connectivity index is 2.03. The molecule has 0 aliphatic rings. The van der Waals surface area contributed by atoms with Gasteiger partial charge in [0.15, 0.2) is 5.75 Å². The van der Waals surface area contributed by atoms with Crippen molar-refractivity contribution in [2.24, 2.45) is 0 Å². The lowest BCUT2D eigenvalue weighted by molar-refractivity contribution is -0.116. The minimum atomic E-state index is -3.35. The molecule has 0 aromatic heterocycles. The summed E-state index contributed by atoms with van der Waals surface area (Å²) in [5, 5.41) is 2.79. The number of sulfonamides is 1. The summed E-state index contributed by atoms with van der Waals surface area (Å²) >= 11 is 0. The average molecular weight is 376 g/mol. The zero-order chi connectivity index (χ0) is 19.2. The van der Waals surface area contributed by atoms with Gasteiger partial charge < -0.3 is 10.1 Å². The first kappa shape index (κ1) is 19.9. The zero-order valence-corrected chi connectivity index (χ0v) is 16.0. The van der Waals surface area contributed by atoms with Gasteiger partial charge in [-0.2, -0.15) is 4.31 Å². The van der Waals surface area contributed by atoms with Crippen LogP contribution in [0.25, 0.3) is 0 Å². The van der Waals surface area contributed by atoms with Crippen LogP contribution in [-0.2, 0) is 14.8 Å². The lowest BCUT2D eigenvalue weighted by Crippen LogP contribution is -2.38. The van der Waals surface area contributed by atoms with Gasteiger partial charge in [-0.1, -0.05) is 30.3 Å². The molecule has 0 atom stereocenters. The number of amides is 1. The highest BCUT2D eigenvalue weighted by molar-refractivity contribution is 7.88. The summed E-state index contributed by atoms with van der Waals surface area (Å²) in [6.07, 6.45) is 1.21. The number of hydrogen-bond donors (Lipinski definition) is 1. The van der Waals surface area contributed by atoms with E-state index >= 15 is 0 Å². The molecule has 7 heteroatoms. The van der Waals surface area contributed by atoms with E-state index in [1.807, 2.05) is 36.4 Å². The van der Waals surface area contributed by atoms with Crippen LogP contribution >= 0.6 is 0 Å². The fourth-order valence-electron chi connectivity index (χ4n) is 2.51. The lowest BCUT2D eigenvalue weighted by Gasteiger charge is -2.23. The minimum absolute atomic E-state index is 0.0604. The molecule has 2 aromatic carbocycles. The Bertz CT molecular complexity index is 836. The van der Waals surface area contributed by atoms with Crippen LogP contribution < -0.4 is 10.1 Å². The third-order valence-electron chi connectivity index (χ3n) is 3.69. The maximum atomic E-state index is 12.3. The second-order valence-corrected chi connectivity index (χ2v) is 8.11. The molecular weight excluding hydrogens is 352 g/mol. The van der Waals surface area contributed by atoms with Gasteiger partial charge in [0.25, 0.3) is 0 Å². The number of carbonyl (C=O) groups is 1. The highest BCUT2D eigenvalue weighted by atomic mass is 32.2. The van der Waals surface area contributed by atoms with E-state index in [2.05, 4.69) is 5.32 Å². The molecule has 0 fully saturated rings. The molecule has 1 N–H and O–H groups in total. The Morgan fingerprint density at radius 2 is 1.69 bits per heavy atom. The van der Waals surface area contributed by atoms with Crippen LogP contribution in [0.15, 0.2) is 54.6 Å². The molecule has 26 heavy (non-hydrogen) atoms. The number of anilines is 1. The largest absolute Gasteiger partial charge is 0.455 e. The molecule has 140 valence electrons. The Kier molecular flexibility index (Phi) is 6.76. The van der Waals surface area contributed by atoms with Crippen molar-refractivity contribution in [3.63, 3.8) is 0 Å². The van der Waals surface area contributed by atoms with E-state index in [1.165, 1.54) is 4.31 Å². The summed E-state index contributed by atoms with van der Waals surface area (Å²) in [4.78, 5) is 12.3. The Hall–Kier alpha value is -2.38. The molecule has 0 spiro atoms. The fraction of sp³-hybridized carbons (Fsp3) is 0.316. The predicted molar refractivity (Wildman–Crippen MR) is 103 cm³/mol. The van der Waals surface area contributed by atoms with Gasteiger partial charge in [-0.25, -0.2) is 8.42 Å². The number of rotatable bonds is 8. The molecule has 2 rings (SSSR count). The monoisotopic (exact) mass is 376 g/mol. The van der Waals surface area contributed by atoms with Gasteiger partial charge in [0.2, 0.25) is 15.9 Å². The van der Waals surface area contributed by atoms with Crippen LogP contribution in [0.3, 0.4) is 0 Å². The molecule has 0 aliphatic carbocycles. The number of carbonyl (C=O) groups excluding carboxylic acids is 1. The van der Waals surface area contributed by atoms with Gasteiger partial charge in [-0.15, -0.1) is 0 Å². The van der Waals surface area contributed by atoms with Crippen LogP contribution in [0.1, 0.15) is 20.3 Å². The van der Waals surface area contributed by atoms with E-state index in [0.717, 1.165) is 6.26 Å². The normalized spacial score (nSPS) is 11.6. The first-order chi connectivity index (χ1) is 12.3. The maximum absolute atomic E-state index is 12.3.